The minimum Gasteiger partial charge on any atom is -0.504 e. The lowest BCUT2D eigenvalue weighted by molar-refractivity contribution is 0.0764. The van der Waals surface area contributed by atoms with Crippen molar-refractivity contribution >= 4 is 11.7 Å². The van der Waals surface area contributed by atoms with E-state index in [2.05, 4.69) is 0 Å². The third-order valence-electron chi connectivity index (χ3n) is 4.70. The monoisotopic (exact) mass is 359 g/mol. The normalized spacial score (nSPS) is 12.9. The number of fused-ring (bicyclic) bond motifs is 1. The summed E-state index contributed by atoms with van der Waals surface area (Å²) in [6, 6.07) is 19.2. The van der Waals surface area contributed by atoms with Crippen LogP contribution in [0.1, 0.15) is 37.4 Å². The average molecular weight is 359 g/mol. The van der Waals surface area contributed by atoms with Crippen molar-refractivity contribution < 1.29 is 19.8 Å². The minimum absolute atomic E-state index is 0.0731. The van der Waals surface area contributed by atoms with Gasteiger partial charge in [-0.25, -0.2) is 0 Å². The minimum atomic E-state index is -0.381. The van der Waals surface area contributed by atoms with Crippen LogP contribution in [0, 0.1) is 0 Å². The zero-order chi connectivity index (χ0) is 19.0. The zero-order valence-corrected chi connectivity index (χ0v) is 14.4. The van der Waals surface area contributed by atoms with Gasteiger partial charge in [-0.05, 0) is 23.3 Å². The van der Waals surface area contributed by atoms with E-state index in [1.165, 1.54) is 6.07 Å². The van der Waals surface area contributed by atoms with E-state index in [9.17, 15) is 19.8 Å². The Balaban J connectivity index is 1.57. The van der Waals surface area contributed by atoms with Gasteiger partial charge in [0.1, 0.15) is 0 Å². The highest BCUT2D eigenvalue weighted by Gasteiger charge is 2.31. The third-order valence-corrected chi connectivity index (χ3v) is 4.70. The molecule has 2 N–H and O–H groups in total. The van der Waals surface area contributed by atoms with Crippen molar-refractivity contribution in [1.29, 1.82) is 0 Å². The van der Waals surface area contributed by atoms with Gasteiger partial charge in [-0.2, -0.15) is 0 Å². The molecule has 1 heterocycles. The number of benzene rings is 3. The summed E-state index contributed by atoms with van der Waals surface area (Å²) in [7, 11) is 0. The van der Waals surface area contributed by atoms with E-state index in [0.29, 0.717) is 29.8 Å². The Labute approximate surface area is 156 Å². The highest BCUT2D eigenvalue weighted by atomic mass is 16.3. The maximum absolute atomic E-state index is 12.6. The summed E-state index contributed by atoms with van der Waals surface area (Å²) in [5, 5.41) is 19.6. The second-order valence-corrected chi connectivity index (χ2v) is 6.52. The zero-order valence-electron chi connectivity index (χ0n) is 14.4. The van der Waals surface area contributed by atoms with E-state index < -0.39 is 0 Å². The highest BCUT2D eigenvalue weighted by molar-refractivity contribution is 6.09. The number of hydrogen-bond acceptors (Lipinski definition) is 4. The maximum Gasteiger partial charge on any atom is 0.258 e. The number of carbonyl (C=O) groups is 2. The molecule has 0 aromatic heterocycles. The van der Waals surface area contributed by atoms with E-state index in [4.69, 9.17) is 0 Å². The Bertz CT molecular complexity index is 1040. The largest absolute Gasteiger partial charge is 0.504 e. The van der Waals surface area contributed by atoms with Crippen LogP contribution in [-0.2, 0) is 13.1 Å². The lowest BCUT2D eigenvalue weighted by Gasteiger charge is -2.16. The first-order valence-electron chi connectivity index (χ1n) is 8.56. The molecule has 5 nitrogen and oxygen atoms in total. The molecule has 3 aromatic rings. The van der Waals surface area contributed by atoms with E-state index in [1.807, 2.05) is 24.3 Å². The van der Waals surface area contributed by atoms with Gasteiger partial charge in [0.2, 0.25) is 0 Å². The number of ketones is 1. The lowest BCUT2D eigenvalue weighted by Crippen LogP contribution is -2.23. The third kappa shape index (κ3) is 3.04. The number of aromatic hydroxyl groups is 2. The van der Waals surface area contributed by atoms with Gasteiger partial charge in [0.05, 0.1) is 5.56 Å². The molecule has 3 aromatic carbocycles. The lowest BCUT2D eigenvalue weighted by atomic mass is 10.0. The van der Waals surface area contributed by atoms with E-state index >= 15 is 0 Å². The maximum atomic E-state index is 12.6. The van der Waals surface area contributed by atoms with E-state index in [-0.39, 0.29) is 28.8 Å². The van der Waals surface area contributed by atoms with Gasteiger partial charge in [0.15, 0.2) is 17.3 Å². The van der Waals surface area contributed by atoms with Gasteiger partial charge >= 0.3 is 0 Å². The standard InChI is InChI=1S/C22H17NO4/c24-18-10-9-17-13-23(22(27)19(17)21(18)26)12-14-5-4-8-16(11-14)20(25)15-6-2-1-3-7-15/h1-11,24,26H,12-13H2. The summed E-state index contributed by atoms with van der Waals surface area (Å²) >= 11 is 0. The van der Waals surface area contributed by atoms with Crippen LogP contribution < -0.4 is 0 Å². The van der Waals surface area contributed by atoms with Crippen LogP contribution in [0.15, 0.2) is 66.7 Å². The Morgan fingerprint density at radius 2 is 1.67 bits per heavy atom. The molecule has 5 heteroatoms. The van der Waals surface area contributed by atoms with Crippen LogP contribution in [0.4, 0.5) is 0 Å². The number of hydrogen-bond donors (Lipinski definition) is 2. The molecule has 0 atom stereocenters. The van der Waals surface area contributed by atoms with Crippen molar-refractivity contribution in [2.45, 2.75) is 13.1 Å². The average Bonchev–Trinajstić information content (AvgIpc) is 3.01. The summed E-state index contributed by atoms with van der Waals surface area (Å²) in [6.07, 6.45) is 0. The Kier molecular flexibility index (Phi) is 4.12. The number of phenols is 2. The van der Waals surface area contributed by atoms with Gasteiger partial charge in [0, 0.05) is 24.2 Å². The van der Waals surface area contributed by atoms with Crippen LogP contribution in [0.25, 0.3) is 0 Å². The van der Waals surface area contributed by atoms with Crippen LogP contribution in [0.2, 0.25) is 0 Å². The molecule has 27 heavy (non-hydrogen) atoms. The van der Waals surface area contributed by atoms with Crippen LogP contribution in [0.5, 0.6) is 11.5 Å². The van der Waals surface area contributed by atoms with Gasteiger partial charge in [-0.1, -0.05) is 54.6 Å². The van der Waals surface area contributed by atoms with Crippen LogP contribution in [0.3, 0.4) is 0 Å². The molecule has 1 aliphatic heterocycles. The topological polar surface area (TPSA) is 77.8 Å². The molecule has 0 fully saturated rings. The number of nitrogens with zero attached hydrogens (tertiary/aromatic N) is 1. The second kappa shape index (κ2) is 6.61. The summed E-state index contributed by atoms with van der Waals surface area (Å²) in [6.45, 7) is 0.655. The van der Waals surface area contributed by atoms with Crippen LogP contribution >= 0.6 is 0 Å². The Morgan fingerprint density at radius 1 is 0.926 bits per heavy atom. The number of rotatable bonds is 4. The Hall–Kier alpha value is -3.60. The summed E-state index contributed by atoms with van der Waals surface area (Å²) in [4.78, 5) is 26.8. The van der Waals surface area contributed by atoms with Crippen molar-refractivity contribution in [1.82, 2.24) is 4.90 Å². The SMILES string of the molecule is O=C(c1ccccc1)c1cccc(CN2Cc3ccc(O)c(O)c3C2=O)c1. The second-order valence-electron chi connectivity index (χ2n) is 6.52. The fourth-order valence-electron chi connectivity index (χ4n) is 3.34. The van der Waals surface area contributed by atoms with Crippen LogP contribution in [-0.4, -0.2) is 26.8 Å². The van der Waals surface area contributed by atoms with Gasteiger partial charge in [-0.15, -0.1) is 0 Å². The molecule has 1 amide bonds. The van der Waals surface area contributed by atoms with E-state index in [0.717, 1.165) is 5.56 Å². The number of phenolic OH excluding ortho intramolecular Hbond substituents is 2. The predicted octanol–water partition coefficient (Wildman–Crippen LogP) is 3.48. The Morgan fingerprint density at radius 3 is 2.44 bits per heavy atom. The van der Waals surface area contributed by atoms with Gasteiger partial charge in [0.25, 0.3) is 5.91 Å². The van der Waals surface area contributed by atoms with Gasteiger partial charge < -0.3 is 15.1 Å². The first-order chi connectivity index (χ1) is 13.0. The van der Waals surface area contributed by atoms with Crippen molar-refractivity contribution in [3.63, 3.8) is 0 Å². The smallest absolute Gasteiger partial charge is 0.258 e. The van der Waals surface area contributed by atoms with Crippen molar-refractivity contribution in [3.05, 3.63) is 94.5 Å². The molecule has 0 aliphatic carbocycles. The molecule has 4 rings (SSSR count). The summed E-state index contributed by atoms with van der Waals surface area (Å²) in [5.41, 5.74) is 2.81. The van der Waals surface area contributed by atoms with Crippen molar-refractivity contribution in [3.8, 4) is 11.5 Å². The molecule has 1 aliphatic rings. The first-order valence-corrected chi connectivity index (χ1v) is 8.56. The quantitative estimate of drug-likeness (QED) is 0.552. The molecule has 134 valence electrons. The molecule has 0 saturated carbocycles. The predicted molar refractivity (Wildman–Crippen MR) is 99.7 cm³/mol. The fourth-order valence-corrected chi connectivity index (χ4v) is 3.34. The molecule has 0 unspecified atom stereocenters. The molecular weight excluding hydrogens is 342 g/mol. The molecule has 0 spiro atoms. The molecule has 0 bridgehead atoms. The first kappa shape index (κ1) is 16.8. The molecule has 0 radical (unpaired) electrons. The van der Waals surface area contributed by atoms with Crippen molar-refractivity contribution in [2.24, 2.45) is 0 Å². The van der Waals surface area contributed by atoms with Crippen molar-refractivity contribution in [2.75, 3.05) is 0 Å². The summed E-state index contributed by atoms with van der Waals surface area (Å²) < 4.78 is 0. The van der Waals surface area contributed by atoms with Gasteiger partial charge in [-0.3, -0.25) is 9.59 Å². The van der Waals surface area contributed by atoms with E-state index in [1.54, 1.807) is 41.3 Å². The molecular formula is C22H17NO4. The highest BCUT2D eigenvalue weighted by Crippen LogP contribution is 2.37. The number of amides is 1. The number of carbonyl (C=O) groups excluding carboxylic acids is 2. The molecule has 0 saturated heterocycles. The fraction of sp³-hybridized carbons (Fsp3) is 0.0909. The summed E-state index contributed by atoms with van der Waals surface area (Å²) in [5.74, 6) is -1.10.